The fourth-order valence-corrected chi connectivity index (χ4v) is 2.43. The summed E-state index contributed by atoms with van der Waals surface area (Å²) in [4.78, 5) is 20.9. The van der Waals surface area contributed by atoms with Crippen LogP contribution in [-0.4, -0.2) is 73.6 Å². The maximum atomic E-state index is 12.0. The van der Waals surface area contributed by atoms with Gasteiger partial charge in [0.15, 0.2) is 0 Å². The van der Waals surface area contributed by atoms with Crippen molar-refractivity contribution in [3.63, 3.8) is 0 Å². The number of nitrogens with one attached hydrogen (secondary N) is 1. The molecule has 0 aliphatic carbocycles. The molecule has 0 radical (unpaired) electrons. The lowest BCUT2D eigenvalue weighted by Gasteiger charge is -2.32. The number of amides is 1. The molecule has 1 aromatic rings. The summed E-state index contributed by atoms with van der Waals surface area (Å²) in [6, 6.07) is 3.47. The number of hydrogen-bond acceptors (Lipinski definition) is 5. The molecule has 1 amide bonds. The maximum Gasteiger partial charge on any atom is 0.252 e. The highest BCUT2D eigenvalue weighted by Gasteiger charge is 2.13. The van der Waals surface area contributed by atoms with Crippen LogP contribution in [0.25, 0.3) is 0 Å². The van der Waals surface area contributed by atoms with Crippen LogP contribution in [-0.2, 0) is 0 Å². The van der Waals surface area contributed by atoms with Crippen molar-refractivity contribution in [2.45, 2.75) is 13.3 Å². The Morgan fingerprint density at radius 1 is 1.32 bits per heavy atom. The Hall–Kier alpha value is -1.66. The molecule has 1 N–H and O–H groups in total. The Bertz CT molecular complexity index is 456. The highest BCUT2D eigenvalue weighted by Crippen LogP contribution is 2.07. The van der Waals surface area contributed by atoms with Gasteiger partial charge in [0.25, 0.3) is 5.91 Å². The van der Waals surface area contributed by atoms with E-state index in [-0.39, 0.29) is 5.91 Å². The monoisotopic (exact) mass is 306 g/mol. The normalized spacial score (nSPS) is 16.5. The number of ether oxygens (including phenoxy) is 1. The number of aromatic nitrogens is 1. The molecule has 0 atom stereocenters. The highest BCUT2D eigenvalue weighted by molar-refractivity contribution is 5.93. The van der Waals surface area contributed by atoms with Gasteiger partial charge in [-0.1, -0.05) is 0 Å². The second kappa shape index (κ2) is 8.70. The third kappa shape index (κ3) is 5.27. The average molecular weight is 306 g/mol. The van der Waals surface area contributed by atoms with Gasteiger partial charge in [0.05, 0.1) is 12.2 Å². The van der Waals surface area contributed by atoms with Crippen LogP contribution in [0.3, 0.4) is 0 Å². The van der Waals surface area contributed by atoms with E-state index in [2.05, 4.69) is 27.1 Å². The van der Waals surface area contributed by atoms with Crippen molar-refractivity contribution in [2.24, 2.45) is 0 Å². The van der Waals surface area contributed by atoms with Crippen LogP contribution in [0, 0.1) is 0 Å². The van der Waals surface area contributed by atoms with Crippen LogP contribution >= 0.6 is 0 Å². The molecule has 0 saturated carbocycles. The minimum Gasteiger partial charge on any atom is -0.478 e. The number of pyridine rings is 1. The third-order valence-electron chi connectivity index (χ3n) is 3.82. The second-order valence-corrected chi connectivity index (χ2v) is 5.57. The fourth-order valence-electron chi connectivity index (χ4n) is 2.43. The Morgan fingerprint density at radius 2 is 2.09 bits per heavy atom. The number of hydrogen-bond donors (Lipinski definition) is 1. The predicted octanol–water partition coefficient (Wildman–Crippen LogP) is 0.848. The molecule has 1 fully saturated rings. The number of nitrogens with zero attached hydrogens (tertiary/aromatic N) is 3. The summed E-state index contributed by atoms with van der Waals surface area (Å²) in [6.07, 6.45) is 2.53. The summed E-state index contributed by atoms with van der Waals surface area (Å²) in [5.74, 6) is 0.475. The van der Waals surface area contributed by atoms with E-state index < -0.39 is 0 Å². The van der Waals surface area contributed by atoms with E-state index in [0.717, 1.165) is 39.1 Å². The van der Waals surface area contributed by atoms with Crippen molar-refractivity contribution in [3.05, 3.63) is 23.9 Å². The van der Waals surface area contributed by atoms with Gasteiger partial charge < -0.3 is 19.9 Å². The molecule has 1 aliphatic heterocycles. The molecular formula is C16H26N4O2. The van der Waals surface area contributed by atoms with Crippen LogP contribution in [0.2, 0.25) is 0 Å². The van der Waals surface area contributed by atoms with Crippen LogP contribution in [0.1, 0.15) is 23.7 Å². The molecule has 6 nitrogen and oxygen atoms in total. The standard InChI is InChI=1S/C16H26N4O2/c1-3-22-15-6-5-14(13-18-15)16(21)17-7-4-8-20-11-9-19(2)10-12-20/h5-6,13H,3-4,7-12H2,1-2H3,(H,17,21). The van der Waals surface area contributed by atoms with Gasteiger partial charge in [-0.3, -0.25) is 4.79 Å². The lowest BCUT2D eigenvalue weighted by Crippen LogP contribution is -2.45. The zero-order chi connectivity index (χ0) is 15.8. The number of likely N-dealkylation sites (N-methyl/N-ethyl adjacent to an activating group) is 1. The van der Waals surface area contributed by atoms with E-state index >= 15 is 0 Å². The predicted molar refractivity (Wildman–Crippen MR) is 86.3 cm³/mol. The number of carbonyl (C=O) groups is 1. The van der Waals surface area contributed by atoms with Crippen molar-refractivity contribution in [1.82, 2.24) is 20.1 Å². The molecule has 22 heavy (non-hydrogen) atoms. The van der Waals surface area contributed by atoms with Gasteiger partial charge in [0, 0.05) is 45.0 Å². The SMILES string of the molecule is CCOc1ccc(C(=O)NCCCN2CCN(C)CC2)cn1. The van der Waals surface area contributed by atoms with Crippen molar-refractivity contribution < 1.29 is 9.53 Å². The van der Waals surface area contributed by atoms with Crippen LogP contribution in [0.5, 0.6) is 5.88 Å². The summed E-state index contributed by atoms with van der Waals surface area (Å²) in [5.41, 5.74) is 0.572. The molecule has 0 spiro atoms. The fraction of sp³-hybridized carbons (Fsp3) is 0.625. The summed E-state index contributed by atoms with van der Waals surface area (Å²) in [5, 5.41) is 2.94. The maximum absolute atomic E-state index is 12.0. The highest BCUT2D eigenvalue weighted by atomic mass is 16.5. The van der Waals surface area contributed by atoms with Gasteiger partial charge in [-0.2, -0.15) is 0 Å². The van der Waals surface area contributed by atoms with Crippen LogP contribution in [0.4, 0.5) is 0 Å². The lowest BCUT2D eigenvalue weighted by molar-refractivity contribution is 0.0949. The van der Waals surface area contributed by atoms with Gasteiger partial charge in [-0.25, -0.2) is 4.98 Å². The van der Waals surface area contributed by atoms with Gasteiger partial charge in [0.2, 0.25) is 5.88 Å². The Kier molecular flexibility index (Phi) is 6.61. The van der Waals surface area contributed by atoms with E-state index in [4.69, 9.17) is 4.74 Å². The number of rotatable bonds is 7. The number of carbonyl (C=O) groups excluding carboxylic acids is 1. The van der Waals surface area contributed by atoms with Gasteiger partial charge in [0.1, 0.15) is 0 Å². The zero-order valence-corrected chi connectivity index (χ0v) is 13.5. The van der Waals surface area contributed by atoms with E-state index in [1.165, 1.54) is 0 Å². The van der Waals surface area contributed by atoms with Crippen molar-refractivity contribution >= 4 is 5.91 Å². The Labute approximate surface area is 132 Å². The Balaban J connectivity index is 1.65. The summed E-state index contributed by atoms with van der Waals surface area (Å²) < 4.78 is 5.26. The molecule has 2 heterocycles. The summed E-state index contributed by atoms with van der Waals surface area (Å²) in [7, 11) is 2.16. The van der Waals surface area contributed by atoms with Gasteiger partial charge in [-0.05, 0) is 33.0 Å². The Morgan fingerprint density at radius 3 is 2.73 bits per heavy atom. The minimum absolute atomic E-state index is 0.0751. The van der Waals surface area contributed by atoms with E-state index in [0.29, 0.717) is 24.6 Å². The van der Waals surface area contributed by atoms with Gasteiger partial charge in [-0.15, -0.1) is 0 Å². The van der Waals surface area contributed by atoms with Crippen molar-refractivity contribution in [3.8, 4) is 5.88 Å². The molecule has 0 unspecified atom stereocenters. The van der Waals surface area contributed by atoms with Gasteiger partial charge >= 0.3 is 0 Å². The first-order chi connectivity index (χ1) is 10.7. The number of piperazine rings is 1. The van der Waals surface area contributed by atoms with E-state index in [9.17, 15) is 4.79 Å². The molecule has 0 aromatic carbocycles. The molecule has 1 aliphatic rings. The average Bonchev–Trinajstić information content (AvgIpc) is 2.54. The van der Waals surface area contributed by atoms with E-state index in [1.807, 2.05) is 6.92 Å². The topological polar surface area (TPSA) is 57.7 Å². The van der Waals surface area contributed by atoms with E-state index in [1.54, 1.807) is 18.3 Å². The quantitative estimate of drug-likeness (QED) is 0.757. The first-order valence-corrected chi connectivity index (χ1v) is 7.97. The molecule has 6 heteroatoms. The van der Waals surface area contributed by atoms with Crippen LogP contribution < -0.4 is 10.1 Å². The molecular weight excluding hydrogens is 280 g/mol. The first-order valence-electron chi connectivity index (χ1n) is 7.97. The van der Waals surface area contributed by atoms with Crippen molar-refractivity contribution in [2.75, 3.05) is 52.9 Å². The second-order valence-electron chi connectivity index (χ2n) is 5.57. The lowest BCUT2D eigenvalue weighted by atomic mass is 10.2. The molecule has 1 saturated heterocycles. The summed E-state index contributed by atoms with van der Waals surface area (Å²) in [6.45, 7) is 8.70. The smallest absolute Gasteiger partial charge is 0.252 e. The largest absolute Gasteiger partial charge is 0.478 e. The summed E-state index contributed by atoms with van der Waals surface area (Å²) >= 11 is 0. The zero-order valence-electron chi connectivity index (χ0n) is 13.5. The molecule has 2 rings (SSSR count). The molecule has 1 aromatic heterocycles. The third-order valence-corrected chi connectivity index (χ3v) is 3.82. The minimum atomic E-state index is -0.0751. The first kappa shape index (κ1) is 16.7. The van der Waals surface area contributed by atoms with Crippen molar-refractivity contribution in [1.29, 1.82) is 0 Å². The molecule has 0 bridgehead atoms. The molecule has 122 valence electrons. The van der Waals surface area contributed by atoms with Crippen LogP contribution in [0.15, 0.2) is 18.3 Å².